The van der Waals surface area contributed by atoms with Gasteiger partial charge in [0.1, 0.15) is 0 Å². The third-order valence-electron chi connectivity index (χ3n) is 8.42. The molecule has 2 nitrogen and oxygen atoms in total. The van der Waals surface area contributed by atoms with Crippen LogP contribution in [0.2, 0.25) is 0 Å². The average Bonchev–Trinajstić information content (AvgIpc) is 3.07. The number of fused-ring (bicyclic) bond motifs is 3. The Kier molecular flexibility index (Phi) is 6.05. The Morgan fingerprint density at radius 3 is 1.74 bits per heavy atom. The average molecular weight is 549 g/mol. The van der Waals surface area contributed by atoms with Crippen molar-refractivity contribution >= 4 is 32.3 Å². The Morgan fingerprint density at radius 1 is 0.419 bits per heavy atom. The van der Waals surface area contributed by atoms with E-state index in [0.717, 1.165) is 22.4 Å². The molecular formula is C41H28N2. The molecule has 8 aromatic rings. The third kappa shape index (κ3) is 4.45. The molecule has 6 aromatic carbocycles. The van der Waals surface area contributed by atoms with Gasteiger partial charge in [0.25, 0.3) is 0 Å². The van der Waals surface area contributed by atoms with E-state index < -0.39 is 0 Å². The van der Waals surface area contributed by atoms with Crippen LogP contribution in [-0.4, -0.2) is 9.97 Å². The van der Waals surface area contributed by atoms with Crippen molar-refractivity contribution in [2.24, 2.45) is 0 Å². The number of hydrogen-bond acceptors (Lipinski definition) is 2. The molecule has 0 bridgehead atoms. The largest absolute Gasteiger partial charge is 0.264 e. The number of aryl methyl sites for hydroxylation is 1. The van der Waals surface area contributed by atoms with Crippen molar-refractivity contribution in [2.75, 3.05) is 0 Å². The maximum absolute atomic E-state index is 4.76. The van der Waals surface area contributed by atoms with Gasteiger partial charge in [-0.3, -0.25) is 9.97 Å². The van der Waals surface area contributed by atoms with Crippen LogP contribution in [0.5, 0.6) is 0 Å². The van der Waals surface area contributed by atoms with Crippen LogP contribution in [0, 0.1) is 6.92 Å². The zero-order valence-corrected chi connectivity index (χ0v) is 23.8. The van der Waals surface area contributed by atoms with Crippen LogP contribution in [-0.2, 0) is 0 Å². The molecule has 202 valence electrons. The van der Waals surface area contributed by atoms with Crippen LogP contribution < -0.4 is 0 Å². The summed E-state index contributed by atoms with van der Waals surface area (Å²) in [5.41, 5.74) is 10.4. The van der Waals surface area contributed by atoms with Gasteiger partial charge in [-0.2, -0.15) is 0 Å². The summed E-state index contributed by atoms with van der Waals surface area (Å²) in [6.07, 6.45) is 5.58. The minimum absolute atomic E-state index is 0.944. The van der Waals surface area contributed by atoms with Gasteiger partial charge >= 0.3 is 0 Å². The summed E-state index contributed by atoms with van der Waals surface area (Å²) in [6, 6.07) is 48.2. The zero-order valence-electron chi connectivity index (χ0n) is 23.8. The second-order valence-electron chi connectivity index (χ2n) is 11.2. The molecule has 0 unspecified atom stereocenters. The summed E-state index contributed by atoms with van der Waals surface area (Å²) in [6.45, 7) is 2.15. The maximum atomic E-state index is 4.76. The monoisotopic (exact) mass is 548 g/mol. The summed E-state index contributed by atoms with van der Waals surface area (Å²) >= 11 is 0. The van der Waals surface area contributed by atoms with E-state index in [4.69, 9.17) is 4.98 Å². The van der Waals surface area contributed by atoms with Crippen molar-refractivity contribution < 1.29 is 0 Å². The Balaban J connectivity index is 1.34. The smallest absolute Gasteiger partial charge is 0.0708 e. The normalized spacial score (nSPS) is 11.4. The molecule has 0 fully saturated rings. The summed E-state index contributed by atoms with van der Waals surface area (Å²) in [5, 5.41) is 7.53. The molecule has 8 rings (SSSR count). The molecule has 0 atom stereocenters. The van der Waals surface area contributed by atoms with Crippen LogP contribution in [0.4, 0.5) is 0 Å². The van der Waals surface area contributed by atoms with E-state index in [9.17, 15) is 0 Å². The van der Waals surface area contributed by atoms with E-state index in [1.807, 2.05) is 24.5 Å². The maximum Gasteiger partial charge on any atom is 0.0708 e. The van der Waals surface area contributed by atoms with E-state index in [1.165, 1.54) is 60.1 Å². The van der Waals surface area contributed by atoms with Crippen LogP contribution in [0.25, 0.3) is 77.0 Å². The van der Waals surface area contributed by atoms with Crippen LogP contribution in [0.3, 0.4) is 0 Å². The Labute approximate surface area is 251 Å². The lowest BCUT2D eigenvalue weighted by atomic mass is 9.85. The molecule has 43 heavy (non-hydrogen) atoms. The highest BCUT2D eigenvalue weighted by atomic mass is 14.7. The number of pyridine rings is 2. The first-order chi connectivity index (χ1) is 21.2. The molecule has 2 aromatic heterocycles. The molecule has 0 aliphatic heterocycles. The van der Waals surface area contributed by atoms with Gasteiger partial charge < -0.3 is 0 Å². The first-order valence-corrected chi connectivity index (χ1v) is 14.6. The van der Waals surface area contributed by atoms with Gasteiger partial charge in [0.2, 0.25) is 0 Å². The number of hydrogen-bond donors (Lipinski definition) is 0. The first kappa shape index (κ1) is 25.1. The predicted octanol–water partition coefficient (Wildman–Crippen LogP) is 10.9. The van der Waals surface area contributed by atoms with Gasteiger partial charge in [-0.05, 0) is 97.4 Å². The van der Waals surface area contributed by atoms with Crippen LogP contribution >= 0.6 is 0 Å². The lowest BCUT2D eigenvalue weighted by Crippen LogP contribution is -1.92. The van der Waals surface area contributed by atoms with Crippen molar-refractivity contribution in [2.45, 2.75) is 6.92 Å². The summed E-state index contributed by atoms with van der Waals surface area (Å²) < 4.78 is 0. The number of rotatable bonds is 4. The standard InChI is InChI=1S/C41H28N2/c1-27-15-16-29-23-33(18-17-28(29)22-27)41-37-13-4-2-11-35(37)40(36-12-3-5-14-38(36)41)32-9-6-8-31(24-32)39-25-30(19-21-43-39)34-10-7-20-42-26-34/h2-26H,1H3. The van der Waals surface area contributed by atoms with Gasteiger partial charge in [0.05, 0.1) is 5.69 Å². The highest BCUT2D eigenvalue weighted by Crippen LogP contribution is 2.44. The van der Waals surface area contributed by atoms with Gasteiger partial charge in [0, 0.05) is 29.7 Å². The van der Waals surface area contributed by atoms with E-state index in [0.29, 0.717) is 0 Å². The number of nitrogens with zero attached hydrogens (tertiary/aromatic N) is 2. The summed E-state index contributed by atoms with van der Waals surface area (Å²) in [7, 11) is 0. The molecule has 0 N–H and O–H groups in total. The lowest BCUT2D eigenvalue weighted by Gasteiger charge is -2.18. The molecular weight excluding hydrogens is 520 g/mol. The van der Waals surface area contributed by atoms with E-state index in [1.54, 1.807) is 6.20 Å². The second-order valence-corrected chi connectivity index (χ2v) is 11.2. The van der Waals surface area contributed by atoms with Crippen molar-refractivity contribution in [1.29, 1.82) is 0 Å². The Bertz CT molecular complexity index is 2240. The number of aromatic nitrogens is 2. The van der Waals surface area contributed by atoms with Crippen LogP contribution in [0.15, 0.2) is 152 Å². The molecule has 0 aliphatic carbocycles. The second kappa shape index (κ2) is 10.3. The topological polar surface area (TPSA) is 25.8 Å². The molecule has 0 radical (unpaired) electrons. The molecule has 0 spiro atoms. The summed E-state index contributed by atoms with van der Waals surface area (Å²) in [5.74, 6) is 0. The highest BCUT2D eigenvalue weighted by Gasteiger charge is 2.17. The zero-order chi connectivity index (χ0) is 28.8. The minimum Gasteiger partial charge on any atom is -0.264 e. The molecule has 2 heteroatoms. The predicted molar refractivity (Wildman–Crippen MR) is 181 cm³/mol. The van der Waals surface area contributed by atoms with Gasteiger partial charge in [-0.1, -0.05) is 109 Å². The highest BCUT2D eigenvalue weighted by molar-refractivity contribution is 6.21. The SMILES string of the molecule is Cc1ccc2cc(-c3c4ccccc4c(-c4cccc(-c5cc(-c6cccnc6)ccn5)c4)c4ccccc34)ccc2c1. The summed E-state index contributed by atoms with van der Waals surface area (Å²) in [4.78, 5) is 9.06. The van der Waals surface area contributed by atoms with E-state index in [2.05, 4.69) is 133 Å². The van der Waals surface area contributed by atoms with E-state index in [-0.39, 0.29) is 0 Å². The quantitative estimate of drug-likeness (QED) is 0.204. The van der Waals surface area contributed by atoms with Crippen LogP contribution in [0.1, 0.15) is 5.56 Å². The van der Waals surface area contributed by atoms with Crippen molar-refractivity contribution in [3.05, 3.63) is 158 Å². The Morgan fingerprint density at radius 2 is 1.05 bits per heavy atom. The van der Waals surface area contributed by atoms with Gasteiger partial charge in [0.15, 0.2) is 0 Å². The molecule has 0 amide bonds. The molecule has 0 aliphatic rings. The van der Waals surface area contributed by atoms with E-state index >= 15 is 0 Å². The molecule has 0 saturated heterocycles. The van der Waals surface area contributed by atoms with Crippen molar-refractivity contribution in [3.63, 3.8) is 0 Å². The third-order valence-corrected chi connectivity index (χ3v) is 8.42. The Hall–Kier alpha value is -5.60. The minimum atomic E-state index is 0.944. The van der Waals surface area contributed by atoms with Gasteiger partial charge in [-0.25, -0.2) is 0 Å². The fourth-order valence-electron chi connectivity index (χ4n) is 6.41. The first-order valence-electron chi connectivity index (χ1n) is 14.6. The fourth-order valence-corrected chi connectivity index (χ4v) is 6.41. The fraction of sp³-hybridized carbons (Fsp3) is 0.0244. The van der Waals surface area contributed by atoms with Crippen molar-refractivity contribution in [1.82, 2.24) is 9.97 Å². The molecule has 0 saturated carbocycles. The van der Waals surface area contributed by atoms with Gasteiger partial charge in [-0.15, -0.1) is 0 Å². The number of benzene rings is 6. The molecule has 2 heterocycles. The lowest BCUT2D eigenvalue weighted by molar-refractivity contribution is 1.30. The van der Waals surface area contributed by atoms with Crippen molar-refractivity contribution in [3.8, 4) is 44.6 Å².